The van der Waals surface area contributed by atoms with Gasteiger partial charge in [-0.15, -0.1) is 0 Å². The Labute approximate surface area is 184 Å². The number of anilines is 3. The van der Waals surface area contributed by atoms with Gasteiger partial charge in [0.15, 0.2) is 0 Å². The van der Waals surface area contributed by atoms with Crippen LogP contribution in [0.25, 0.3) is 5.76 Å². The predicted octanol–water partition coefficient (Wildman–Crippen LogP) is 5.50. The minimum absolute atomic E-state index is 0.471. The van der Waals surface area contributed by atoms with E-state index in [1.165, 1.54) is 0 Å². The first-order chi connectivity index (χ1) is 14.9. The molecule has 4 N–H and O–H groups in total. The van der Waals surface area contributed by atoms with Crippen molar-refractivity contribution in [3.8, 4) is 11.5 Å². The molecule has 0 saturated heterocycles. The van der Waals surface area contributed by atoms with E-state index in [-0.39, 0.29) is 0 Å². The molecule has 3 aromatic carbocycles. The lowest BCUT2D eigenvalue weighted by molar-refractivity contribution is 0.307. The van der Waals surface area contributed by atoms with Crippen LogP contribution < -0.4 is 25.8 Å². The summed E-state index contributed by atoms with van der Waals surface area (Å²) in [6.07, 6.45) is 2.76. The summed E-state index contributed by atoms with van der Waals surface area (Å²) in [5.41, 5.74) is 17.7. The van der Waals surface area contributed by atoms with Gasteiger partial charge in [-0.1, -0.05) is 37.3 Å². The standard InChI is InChI=1S/C26H31N3O2/c1-5-19-14-20(12-13-22(19)27)31-25(6-2)21-15-24(29(3)4)26(16-23(21)28)30-17-18-10-8-7-9-11-18/h6-16H,5,17,27-28H2,1-4H3/b25-6+. The number of hydrogen-bond donors (Lipinski definition) is 2. The zero-order valence-electron chi connectivity index (χ0n) is 18.7. The molecule has 0 aromatic heterocycles. The fourth-order valence-electron chi connectivity index (χ4n) is 3.35. The lowest BCUT2D eigenvalue weighted by atomic mass is 10.1. The second kappa shape index (κ2) is 9.94. The highest BCUT2D eigenvalue weighted by Gasteiger charge is 2.16. The Morgan fingerprint density at radius 1 is 0.968 bits per heavy atom. The third-order valence-corrected chi connectivity index (χ3v) is 5.10. The third kappa shape index (κ3) is 5.31. The number of ether oxygens (including phenoxy) is 2. The van der Waals surface area contributed by atoms with Crippen LogP contribution in [0.5, 0.6) is 11.5 Å². The van der Waals surface area contributed by atoms with Gasteiger partial charge in [-0.2, -0.15) is 0 Å². The normalized spacial score (nSPS) is 11.3. The Hall–Kier alpha value is -3.60. The first kappa shape index (κ1) is 22.1. The number of hydrogen-bond acceptors (Lipinski definition) is 5. The van der Waals surface area contributed by atoms with Gasteiger partial charge < -0.3 is 25.8 Å². The van der Waals surface area contributed by atoms with Crippen molar-refractivity contribution in [2.45, 2.75) is 26.9 Å². The van der Waals surface area contributed by atoms with Crippen molar-refractivity contribution >= 4 is 22.8 Å². The molecule has 0 unspecified atom stereocenters. The maximum atomic E-state index is 6.43. The molecule has 31 heavy (non-hydrogen) atoms. The zero-order chi connectivity index (χ0) is 22.4. The highest BCUT2D eigenvalue weighted by atomic mass is 16.5. The van der Waals surface area contributed by atoms with Crippen LogP contribution in [0.2, 0.25) is 0 Å². The lowest BCUT2D eigenvalue weighted by Crippen LogP contribution is -2.13. The van der Waals surface area contributed by atoms with Gasteiger partial charge in [-0.3, -0.25) is 0 Å². The largest absolute Gasteiger partial charge is 0.487 e. The van der Waals surface area contributed by atoms with E-state index in [0.29, 0.717) is 18.1 Å². The Morgan fingerprint density at radius 3 is 2.35 bits per heavy atom. The Morgan fingerprint density at radius 2 is 1.71 bits per heavy atom. The Kier molecular flexibility index (Phi) is 7.08. The lowest BCUT2D eigenvalue weighted by Gasteiger charge is -2.21. The van der Waals surface area contributed by atoms with Crippen LogP contribution in [0, 0.1) is 0 Å². The quantitative estimate of drug-likeness (QED) is 0.374. The first-order valence-electron chi connectivity index (χ1n) is 10.4. The van der Waals surface area contributed by atoms with Crippen molar-refractivity contribution in [2.75, 3.05) is 30.5 Å². The van der Waals surface area contributed by atoms with E-state index in [4.69, 9.17) is 20.9 Å². The molecule has 0 saturated carbocycles. The van der Waals surface area contributed by atoms with Crippen molar-refractivity contribution in [3.05, 3.63) is 83.4 Å². The number of aryl methyl sites for hydroxylation is 1. The molecule has 0 spiro atoms. The molecular weight excluding hydrogens is 386 g/mol. The van der Waals surface area contributed by atoms with Crippen LogP contribution in [-0.2, 0) is 13.0 Å². The molecule has 5 nitrogen and oxygen atoms in total. The van der Waals surface area contributed by atoms with Crippen molar-refractivity contribution in [1.82, 2.24) is 0 Å². The van der Waals surface area contributed by atoms with E-state index in [1.807, 2.05) is 92.7 Å². The van der Waals surface area contributed by atoms with Gasteiger partial charge >= 0.3 is 0 Å². The molecule has 162 valence electrons. The third-order valence-electron chi connectivity index (χ3n) is 5.10. The van der Waals surface area contributed by atoms with E-state index < -0.39 is 0 Å². The molecule has 0 aliphatic heterocycles. The topological polar surface area (TPSA) is 73.7 Å². The molecule has 0 amide bonds. The fourth-order valence-corrected chi connectivity index (χ4v) is 3.35. The van der Waals surface area contributed by atoms with Gasteiger partial charge in [0.2, 0.25) is 0 Å². The monoisotopic (exact) mass is 417 g/mol. The number of nitrogens with two attached hydrogens (primary N) is 2. The summed E-state index contributed by atoms with van der Waals surface area (Å²) in [7, 11) is 3.96. The first-order valence-corrected chi connectivity index (χ1v) is 10.4. The van der Waals surface area contributed by atoms with E-state index in [9.17, 15) is 0 Å². The van der Waals surface area contributed by atoms with Crippen molar-refractivity contribution in [1.29, 1.82) is 0 Å². The maximum Gasteiger partial charge on any atom is 0.145 e. The average Bonchev–Trinajstić information content (AvgIpc) is 2.78. The molecule has 0 aliphatic rings. The van der Waals surface area contributed by atoms with Gasteiger partial charge in [0.25, 0.3) is 0 Å². The Bertz CT molecular complexity index is 1060. The molecule has 0 aliphatic carbocycles. The van der Waals surface area contributed by atoms with Crippen LogP contribution >= 0.6 is 0 Å². The summed E-state index contributed by atoms with van der Waals surface area (Å²) in [5.74, 6) is 2.14. The second-order valence-corrected chi connectivity index (χ2v) is 7.55. The minimum atomic E-state index is 0.471. The smallest absolute Gasteiger partial charge is 0.145 e. The molecule has 0 fully saturated rings. The SMILES string of the molecule is C/C=C(/Oc1ccc(N)c(CC)c1)c1cc(N(C)C)c(OCc2ccccc2)cc1N. The van der Waals surface area contributed by atoms with Crippen molar-refractivity contribution in [3.63, 3.8) is 0 Å². The van der Waals surface area contributed by atoms with Crippen LogP contribution in [-0.4, -0.2) is 14.1 Å². The highest BCUT2D eigenvalue weighted by Crippen LogP contribution is 2.37. The van der Waals surface area contributed by atoms with Gasteiger partial charge in [-0.05, 0) is 54.8 Å². The average molecular weight is 418 g/mol. The summed E-state index contributed by atoms with van der Waals surface area (Å²) < 4.78 is 12.3. The molecule has 0 atom stereocenters. The summed E-state index contributed by atoms with van der Waals surface area (Å²) in [6.45, 7) is 4.47. The molecule has 3 rings (SSSR count). The second-order valence-electron chi connectivity index (χ2n) is 7.55. The van der Waals surface area contributed by atoms with E-state index in [2.05, 4.69) is 6.92 Å². The van der Waals surface area contributed by atoms with Crippen LogP contribution in [0.3, 0.4) is 0 Å². The van der Waals surface area contributed by atoms with Gasteiger partial charge in [0.1, 0.15) is 23.9 Å². The van der Waals surface area contributed by atoms with Crippen molar-refractivity contribution < 1.29 is 9.47 Å². The number of nitrogens with zero attached hydrogens (tertiary/aromatic N) is 1. The summed E-state index contributed by atoms with van der Waals surface area (Å²) in [4.78, 5) is 2.01. The van der Waals surface area contributed by atoms with Gasteiger partial charge in [0, 0.05) is 37.1 Å². The summed E-state index contributed by atoms with van der Waals surface area (Å²) in [6, 6.07) is 19.6. The van der Waals surface area contributed by atoms with E-state index in [0.717, 1.165) is 46.0 Å². The number of allylic oxidation sites excluding steroid dienone is 1. The molecular formula is C26H31N3O2. The zero-order valence-corrected chi connectivity index (χ0v) is 18.7. The molecule has 0 radical (unpaired) electrons. The summed E-state index contributed by atoms with van der Waals surface area (Å²) >= 11 is 0. The minimum Gasteiger partial charge on any atom is -0.487 e. The van der Waals surface area contributed by atoms with E-state index in [1.54, 1.807) is 0 Å². The predicted molar refractivity (Wildman–Crippen MR) is 130 cm³/mol. The highest BCUT2D eigenvalue weighted by molar-refractivity contribution is 5.79. The molecule has 0 bridgehead atoms. The number of nitrogen functional groups attached to an aromatic ring is 2. The van der Waals surface area contributed by atoms with Gasteiger partial charge in [-0.25, -0.2) is 0 Å². The van der Waals surface area contributed by atoms with Crippen LogP contribution in [0.1, 0.15) is 30.5 Å². The molecule has 3 aromatic rings. The van der Waals surface area contributed by atoms with Crippen molar-refractivity contribution in [2.24, 2.45) is 0 Å². The van der Waals surface area contributed by atoms with Crippen LogP contribution in [0.4, 0.5) is 17.1 Å². The van der Waals surface area contributed by atoms with Gasteiger partial charge in [0.05, 0.1) is 5.69 Å². The summed E-state index contributed by atoms with van der Waals surface area (Å²) in [5, 5.41) is 0. The van der Waals surface area contributed by atoms with Crippen LogP contribution in [0.15, 0.2) is 66.7 Å². The molecule has 5 heteroatoms. The fraction of sp³-hybridized carbons (Fsp3) is 0.231. The molecule has 0 heterocycles. The number of rotatable bonds is 8. The Balaban J connectivity index is 1.90. The number of benzene rings is 3. The van der Waals surface area contributed by atoms with E-state index >= 15 is 0 Å². The maximum absolute atomic E-state index is 6.43.